The van der Waals surface area contributed by atoms with Gasteiger partial charge in [-0.05, 0) is 45.4 Å². The first kappa shape index (κ1) is 22.2. The summed E-state index contributed by atoms with van der Waals surface area (Å²) in [7, 11) is 3.73. The second kappa shape index (κ2) is 11.0. The van der Waals surface area contributed by atoms with Gasteiger partial charge in [-0.2, -0.15) is 0 Å². The van der Waals surface area contributed by atoms with Gasteiger partial charge in [0.15, 0.2) is 5.96 Å². The molecule has 0 bridgehead atoms. The van der Waals surface area contributed by atoms with Crippen LogP contribution in [0.5, 0.6) is 5.75 Å². The van der Waals surface area contributed by atoms with Crippen LogP contribution in [-0.2, 0) is 17.8 Å². The van der Waals surface area contributed by atoms with Gasteiger partial charge in [0.05, 0.1) is 24.9 Å². The fourth-order valence-corrected chi connectivity index (χ4v) is 3.47. The minimum absolute atomic E-state index is 0.0197. The Kier molecular flexibility index (Phi) is 8.73. The van der Waals surface area contributed by atoms with Gasteiger partial charge in [0.2, 0.25) is 0 Å². The quantitative estimate of drug-likeness (QED) is 0.500. The molecule has 1 aromatic carbocycles. The molecule has 1 atom stereocenters. The van der Waals surface area contributed by atoms with Gasteiger partial charge in [-0.1, -0.05) is 12.1 Å². The maximum atomic E-state index is 5.77. The lowest BCUT2D eigenvalue weighted by atomic mass is 10.2. The molecule has 0 fully saturated rings. The third kappa shape index (κ3) is 6.80. The van der Waals surface area contributed by atoms with Gasteiger partial charge in [-0.3, -0.25) is 0 Å². The Morgan fingerprint density at radius 2 is 2.11 bits per heavy atom. The highest BCUT2D eigenvalue weighted by Crippen LogP contribution is 2.21. The summed E-state index contributed by atoms with van der Waals surface area (Å²) in [6.45, 7) is 10.2. The van der Waals surface area contributed by atoms with Crippen LogP contribution in [0.1, 0.15) is 50.1 Å². The SMILES string of the molecule is CCNC(=NCc1cccc(OC(C)C)c1)N(C)Cc1csc(C(C)OC)n1. The van der Waals surface area contributed by atoms with Gasteiger partial charge in [-0.25, -0.2) is 9.98 Å². The first-order valence-electron chi connectivity index (χ1n) is 9.65. The van der Waals surface area contributed by atoms with Gasteiger partial charge in [0.1, 0.15) is 16.9 Å². The molecule has 0 aliphatic rings. The average molecular weight is 405 g/mol. The lowest BCUT2D eigenvalue weighted by Gasteiger charge is -2.21. The van der Waals surface area contributed by atoms with E-state index >= 15 is 0 Å². The fraction of sp³-hybridized carbons (Fsp3) is 0.524. The van der Waals surface area contributed by atoms with Gasteiger partial charge in [-0.15, -0.1) is 11.3 Å². The first-order chi connectivity index (χ1) is 13.4. The molecule has 2 rings (SSSR count). The predicted octanol–water partition coefficient (Wildman–Crippen LogP) is 4.24. The highest BCUT2D eigenvalue weighted by Gasteiger charge is 2.12. The van der Waals surface area contributed by atoms with E-state index in [0.717, 1.165) is 34.5 Å². The molecule has 2 aromatic rings. The molecule has 7 heteroatoms. The van der Waals surface area contributed by atoms with E-state index in [-0.39, 0.29) is 12.2 Å². The number of aromatic nitrogens is 1. The molecule has 0 saturated heterocycles. The topological polar surface area (TPSA) is 59.0 Å². The summed E-state index contributed by atoms with van der Waals surface area (Å²) in [4.78, 5) is 11.5. The van der Waals surface area contributed by atoms with Crippen LogP contribution in [-0.4, -0.2) is 42.6 Å². The number of aliphatic imine (C=N–C) groups is 1. The van der Waals surface area contributed by atoms with Crippen molar-refractivity contribution >= 4 is 17.3 Å². The van der Waals surface area contributed by atoms with Crippen LogP contribution in [0.15, 0.2) is 34.6 Å². The zero-order valence-electron chi connectivity index (χ0n) is 17.7. The molecule has 28 heavy (non-hydrogen) atoms. The number of methoxy groups -OCH3 is 1. The van der Waals surface area contributed by atoms with Crippen molar-refractivity contribution in [3.63, 3.8) is 0 Å². The zero-order chi connectivity index (χ0) is 20.5. The number of guanidine groups is 1. The van der Waals surface area contributed by atoms with Gasteiger partial charge < -0.3 is 19.7 Å². The standard InChI is InChI=1S/C21H32N4O2S/c1-7-22-21(23-12-17-9-8-10-19(11-17)27-15(2)3)25(5)13-18-14-28-20(24-18)16(4)26-6/h8-11,14-16H,7,12-13H2,1-6H3,(H,22,23). The second-order valence-electron chi connectivity index (χ2n) is 6.90. The van der Waals surface area contributed by atoms with Crippen molar-refractivity contribution in [3.05, 3.63) is 45.9 Å². The van der Waals surface area contributed by atoms with E-state index in [1.807, 2.05) is 46.0 Å². The van der Waals surface area contributed by atoms with Crippen LogP contribution >= 0.6 is 11.3 Å². The Bertz CT molecular complexity index is 760. The van der Waals surface area contributed by atoms with E-state index in [2.05, 4.69) is 33.6 Å². The van der Waals surface area contributed by atoms with Crippen molar-refractivity contribution in [1.29, 1.82) is 0 Å². The first-order valence-corrected chi connectivity index (χ1v) is 10.5. The Labute approximate surface area is 172 Å². The van der Waals surface area contributed by atoms with Crippen LogP contribution in [0.25, 0.3) is 0 Å². The maximum absolute atomic E-state index is 5.77. The van der Waals surface area contributed by atoms with Crippen molar-refractivity contribution < 1.29 is 9.47 Å². The Morgan fingerprint density at radius 1 is 1.32 bits per heavy atom. The molecule has 154 valence electrons. The molecule has 0 aliphatic heterocycles. The number of nitrogens with one attached hydrogen (secondary N) is 1. The maximum Gasteiger partial charge on any atom is 0.194 e. The number of hydrogen-bond acceptors (Lipinski definition) is 5. The molecule has 1 heterocycles. The summed E-state index contributed by atoms with van der Waals surface area (Å²) < 4.78 is 11.1. The summed E-state index contributed by atoms with van der Waals surface area (Å²) in [5.74, 6) is 1.73. The fourth-order valence-electron chi connectivity index (χ4n) is 2.63. The molecular weight excluding hydrogens is 372 g/mol. The van der Waals surface area contributed by atoms with Crippen molar-refractivity contribution in [3.8, 4) is 5.75 Å². The molecule has 1 unspecified atom stereocenters. The van der Waals surface area contributed by atoms with Gasteiger partial charge >= 0.3 is 0 Å². The number of benzene rings is 1. The normalized spacial score (nSPS) is 12.9. The number of rotatable bonds is 9. The molecule has 0 radical (unpaired) electrons. The third-order valence-electron chi connectivity index (χ3n) is 4.05. The Morgan fingerprint density at radius 3 is 2.79 bits per heavy atom. The monoisotopic (exact) mass is 404 g/mol. The van der Waals surface area contributed by atoms with Crippen LogP contribution in [0.2, 0.25) is 0 Å². The summed E-state index contributed by atoms with van der Waals surface area (Å²) in [5.41, 5.74) is 2.14. The number of hydrogen-bond donors (Lipinski definition) is 1. The number of nitrogens with zero attached hydrogens (tertiary/aromatic N) is 3. The molecule has 6 nitrogen and oxygen atoms in total. The van der Waals surface area contributed by atoms with Crippen molar-refractivity contribution in [2.45, 2.75) is 53.0 Å². The van der Waals surface area contributed by atoms with Gasteiger partial charge in [0.25, 0.3) is 0 Å². The molecule has 0 spiro atoms. The lowest BCUT2D eigenvalue weighted by molar-refractivity contribution is 0.119. The van der Waals surface area contributed by atoms with Crippen LogP contribution in [0, 0.1) is 0 Å². The Balaban J connectivity index is 2.05. The highest BCUT2D eigenvalue weighted by atomic mass is 32.1. The van der Waals surface area contributed by atoms with E-state index in [1.54, 1.807) is 18.4 Å². The predicted molar refractivity (Wildman–Crippen MR) is 116 cm³/mol. The minimum atomic E-state index is 0.0197. The van der Waals surface area contributed by atoms with Gasteiger partial charge in [0, 0.05) is 26.1 Å². The van der Waals surface area contributed by atoms with Crippen LogP contribution < -0.4 is 10.1 Å². The molecular formula is C21H32N4O2S. The zero-order valence-corrected chi connectivity index (χ0v) is 18.5. The van der Waals surface area contributed by atoms with Crippen molar-refractivity contribution in [1.82, 2.24) is 15.2 Å². The molecule has 1 N–H and O–H groups in total. The average Bonchev–Trinajstić information content (AvgIpc) is 3.12. The van der Waals surface area contributed by atoms with E-state index in [1.165, 1.54) is 0 Å². The summed E-state index contributed by atoms with van der Waals surface area (Å²) >= 11 is 1.63. The van der Waals surface area contributed by atoms with Crippen molar-refractivity contribution in [2.75, 3.05) is 20.7 Å². The van der Waals surface area contributed by atoms with E-state index in [9.17, 15) is 0 Å². The Hall–Kier alpha value is -2.12. The molecule has 1 aromatic heterocycles. The molecule has 0 saturated carbocycles. The van der Waals surface area contributed by atoms with Crippen molar-refractivity contribution in [2.24, 2.45) is 4.99 Å². The lowest BCUT2D eigenvalue weighted by Crippen LogP contribution is -2.38. The molecule has 0 aliphatic carbocycles. The van der Waals surface area contributed by atoms with Crippen LogP contribution in [0.3, 0.4) is 0 Å². The van der Waals surface area contributed by atoms with E-state index < -0.39 is 0 Å². The number of thiazole rings is 1. The highest BCUT2D eigenvalue weighted by molar-refractivity contribution is 7.09. The summed E-state index contributed by atoms with van der Waals surface area (Å²) in [6.07, 6.45) is 0.178. The number of ether oxygens (including phenoxy) is 2. The van der Waals surface area contributed by atoms with Crippen LogP contribution in [0.4, 0.5) is 0 Å². The third-order valence-corrected chi connectivity index (χ3v) is 5.10. The summed E-state index contributed by atoms with van der Waals surface area (Å²) in [5, 5.41) is 6.43. The minimum Gasteiger partial charge on any atom is -0.491 e. The largest absolute Gasteiger partial charge is 0.491 e. The van der Waals surface area contributed by atoms with E-state index in [0.29, 0.717) is 13.1 Å². The second-order valence-corrected chi connectivity index (χ2v) is 7.78. The smallest absolute Gasteiger partial charge is 0.194 e. The van der Waals surface area contributed by atoms with E-state index in [4.69, 9.17) is 14.5 Å². The molecule has 0 amide bonds. The summed E-state index contributed by atoms with van der Waals surface area (Å²) in [6, 6.07) is 8.10.